The zero-order chi connectivity index (χ0) is 23.0. The zero-order valence-electron chi connectivity index (χ0n) is 17.6. The minimum Gasteiger partial charge on any atom is -0.379 e. The van der Waals surface area contributed by atoms with Crippen molar-refractivity contribution in [1.29, 1.82) is 0 Å². The van der Waals surface area contributed by atoms with E-state index in [0.29, 0.717) is 47.7 Å². The Morgan fingerprint density at radius 1 is 0.969 bits per heavy atom. The highest BCUT2D eigenvalue weighted by molar-refractivity contribution is 6.31. The number of halogens is 2. The number of hydrogen-bond acceptors (Lipinski definition) is 6. The second-order valence-corrected chi connectivity index (χ2v) is 7.46. The van der Waals surface area contributed by atoms with Crippen molar-refractivity contribution in [3.8, 4) is 0 Å². The standard InChI is InChI=1S/C11H13ClN2O2.C7H4ClNO.C4H9NO/c12-9-2-1-3-10(8-9)13-11(15)14-4-6-16-7-5-14;8-6-2-1-3-7(4-6)9-5-10;1-3-6-4-2-5-1/h1-3,8H,4-7H2,(H,13,15);1-4H;5H,1-4H2. The molecule has 0 spiro atoms. The zero-order valence-corrected chi connectivity index (χ0v) is 19.1. The van der Waals surface area contributed by atoms with Crippen LogP contribution in [0.2, 0.25) is 10.0 Å². The van der Waals surface area contributed by atoms with Crippen molar-refractivity contribution in [2.75, 3.05) is 57.9 Å². The smallest absolute Gasteiger partial charge is 0.322 e. The summed E-state index contributed by atoms with van der Waals surface area (Å²) in [6.07, 6.45) is 1.43. The van der Waals surface area contributed by atoms with Crippen LogP contribution in [-0.2, 0) is 14.3 Å². The summed E-state index contributed by atoms with van der Waals surface area (Å²) in [4.78, 5) is 26.6. The third-order valence-corrected chi connectivity index (χ3v) is 4.67. The van der Waals surface area contributed by atoms with E-state index in [9.17, 15) is 9.59 Å². The monoisotopic (exact) mass is 480 g/mol. The Hall–Kier alpha value is -2.45. The Balaban J connectivity index is 0.000000192. The van der Waals surface area contributed by atoms with Crippen LogP contribution in [-0.4, -0.2) is 69.6 Å². The molecule has 0 bridgehead atoms. The molecule has 172 valence electrons. The number of isocyanates is 1. The minimum absolute atomic E-state index is 0.106. The summed E-state index contributed by atoms with van der Waals surface area (Å²) in [5, 5.41) is 7.14. The van der Waals surface area contributed by atoms with Crippen LogP contribution < -0.4 is 10.6 Å². The van der Waals surface area contributed by atoms with Gasteiger partial charge in [0.15, 0.2) is 0 Å². The van der Waals surface area contributed by atoms with Crippen LogP contribution in [0.3, 0.4) is 0 Å². The van der Waals surface area contributed by atoms with Crippen LogP contribution in [0.4, 0.5) is 16.2 Å². The number of aliphatic imine (C=N–C) groups is 1. The maximum atomic E-state index is 11.8. The van der Waals surface area contributed by atoms with Crippen molar-refractivity contribution >= 4 is 46.7 Å². The Morgan fingerprint density at radius 2 is 1.59 bits per heavy atom. The molecule has 2 aromatic rings. The van der Waals surface area contributed by atoms with E-state index in [2.05, 4.69) is 15.6 Å². The molecule has 0 aliphatic carbocycles. The molecular weight excluding hydrogens is 455 g/mol. The summed E-state index contributed by atoms with van der Waals surface area (Å²) in [6.45, 7) is 6.30. The molecule has 2 heterocycles. The molecule has 8 nitrogen and oxygen atoms in total. The van der Waals surface area contributed by atoms with Gasteiger partial charge in [-0.05, 0) is 36.4 Å². The minimum atomic E-state index is -0.106. The molecule has 2 aromatic carbocycles. The molecule has 0 unspecified atom stereocenters. The molecule has 0 aromatic heterocycles. The molecule has 4 rings (SSSR count). The van der Waals surface area contributed by atoms with Gasteiger partial charge < -0.3 is 25.0 Å². The molecule has 2 N–H and O–H groups in total. The van der Waals surface area contributed by atoms with E-state index in [-0.39, 0.29) is 6.03 Å². The summed E-state index contributed by atoms with van der Waals surface area (Å²) < 4.78 is 10.2. The molecule has 2 aliphatic heterocycles. The maximum Gasteiger partial charge on any atom is 0.322 e. The SMILES string of the molecule is C1COCCN1.O=C(Nc1cccc(Cl)c1)N1CCOCC1.O=C=Nc1cccc(Cl)c1. The van der Waals surface area contributed by atoms with Gasteiger partial charge in [-0.15, -0.1) is 0 Å². The van der Waals surface area contributed by atoms with E-state index >= 15 is 0 Å². The number of morpholine rings is 2. The van der Waals surface area contributed by atoms with E-state index in [0.717, 1.165) is 26.3 Å². The number of amides is 2. The molecule has 2 fully saturated rings. The first-order chi connectivity index (χ1) is 15.6. The number of anilines is 1. The van der Waals surface area contributed by atoms with E-state index in [4.69, 9.17) is 32.7 Å². The Kier molecular flexibility index (Phi) is 12.4. The summed E-state index contributed by atoms with van der Waals surface area (Å²) in [5.41, 5.74) is 1.24. The van der Waals surface area contributed by atoms with Crippen molar-refractivity contribution in [1.82, 2.24) is 10.2 Å². The molecule has 10 heteroatoms. The molecule has 32 heavy (non-hydrogen) atoms. The topological polar surface area (TPSA) is 92.3 Å². The number of nitrogens with zero attached hydrogens (tertiary/aromatic N) is 2. The van der Waals surface area contributed by atoms with Crippen LogP contribution in [0.15, 0.2) is 53.5 Å². The number of benzene rings is 2. The van der Waals surface area contributed by atoms with Gasteiger partial charge in [0.05, 0.1) is 32.1 Å². The molecule has 2 amide bonds. The van der Waals surface area contributed by atoms with Crippen LogP contribution >= 0.6 is 23.2 Å². The van der Waals surface area contributed by atoms with Crippen molar-refractivity contribution in [2.24, 2.45) is 4.99 Å². The molecule has 2 saturated heterocycles. The molecule has 2 aliphatic rings. The van der Waals surface area contributed by atoms with E-state index < -0.39 is 0 Å². The summed E-state index contributed by atoms with van der Waals surface area (Å²) in [7, 11) is 0. The molecule has 0 atom stereocenters. The van der Waals surface area contributed by atoms with Gasteiger partial charge in [-0.1, -0.05) is 35.3 Å². The van der Waals surface area contributed by atoms with Gasteiger partial charge in [-0.3, -0.25) is 0 Å². The average Bonchev–Trinajstić information content (AvgIpc) is 2.82. The number of urea groups is 1. The fraction of sp³-hybridized carbons (Fsp3) is 0.364. The van der Waals surface area contributed by atoms with Gasteiger partial charge in [0.25, 0.3) is 0 Å². The Labute approximate surface area is 197 Å². The van der Waals surface area contributed by atoms with E-state index in [1.54, 1.807) is 47.4 Å². The van der Waals surface area contributed by atoms with Crippen LogP contribution in [0, 0.1) is 0 Å². The highest BCUT2D eigenvalue weighted by Crippen LogP contribution is 2.17. The predicted octanol–water partition coefficient (Wildman–Crippen LogP) is 4.12. The highest BCUT2D eigenvalue weighted by Gasteiger charge is 2.16. The fourth-order valence-electron chi connectivity index (χ4n) is 2.65. The largest absolute Gasteiger partial charge is 0.379 e. The molecular formula is C22H26Cl2N4O4. The molecule has 0 radical (unpaired) electrons. The highest BCUT2D eigenvalue weighted by atomic mass is 35.5. The van der Waals surface area contributed by atoms with Gasteiger partial charge in [-0.2, -0.15) is 4.99 Å². The Morgan fingerprint density at radius 3 is 2.12 bits per heavy atom. The first-order valence-corrected chi connectivity index (χ1v) is 10.8. The van der Waals surface area contributed by atoms with Gasteiger partial charge in [0.1, 0.15) is 0 Å². The fourth-order valence-corrected chi connectivity index (χ4v) is 3.02. The lowest BCUT2D eigenvalue weighted by molar-refractivity contribution is 0.0564. The predicted molar refractivity (Wildman–Crippen MR) is 126 cm³/mol. The number of hydrogen-bond donors (Lipinski definition) is 2. The molecule has 0 saturated carbocycles. The first-order valence-electron chi connectivity index (χ1n) is 10.1. The van der Waals surface area contributed by atoms with Gasteiger partial charge >= 0.3 is 6.03 Å². The lowest BCUT2D eigenvalue weighted by Gasteiger charge is -2.26. The van der Waals surface area contributed by atoms with Crippen molar-refractivity contribution in [3.63, 3.8) is 0 Å². The maximum absolute atomic E-state index is 11.8. The van der Waals surface area contributed by atoms with Crippen LogP contribution in [0.5, 0.6) is 0 Å². The normalized spacial score (nSPS) is 15.1. The number of carbonyl (C=O) groups excluding carboxylic acids is 2. The van der Waals surface area contributed by atoms with Crippen molar-refractivity contribution in [2.45, 2.75) is 0 Å². The number of carbonyl (C=O) groups is 1. The van der Waals surface area contributed by atoms with Gasteiger partial charge in [0.2, 0.25) is 6.08 Å². The summed E-state index contributed by atoms with van der Waals surface area (Å²) in [6, 6.07) is 13.7. The first kappa shape index (κ1) is 25.8. The quantitative estimate of drug-likeness (QED) is 0.498. The van der Waals surface area contributed by atoms with Crippen molar-refractivity contribution in [3.05, 3.63) is 58.6 Å². The van der Waals surface area contributed by atoms with Crippen LogP contribution in [0.25, 0.3) is 0 Å². The third-order valence-electron chi connectivity index (χ3n) is 4.20. The van der Waals surface area contributed by atoms with Gasteiger partial charge in [0, 0.05) is 41.9 Å². The second-order valence-electron chi connectivity index (χ2n) is 6.59. The van der Waals surface area contributed by atoms with E-state index in [1.807, 2.05) is 6.07 Å². The number of nitrogens with one attached hydrogen (secondary N) is 2. The second kappa shape index (κ2) is 15.4. The summed E-state index contributed by atoms with van der Waals surface area (Å²) >= 11 is 11.4. The number of ether oxygens (including phenoxy) is 2. The summed E-state index contributed by atoms with van der Waals surface area (Å²) in [5.74, 6) is 0. The van der Waals surface area contributed by atoms with Crippen molar-refractivity contribution < 1.29 is 19.1 Å². The van der Waals surface area contributed by atoms with Gasteiger partial charge in [-0.25, -0.2) is 9.59 Å². The lowest BCUT2D eigenvalue weighted by atomic mass is 10.3. The third kappa shape index (κ3) is 10.7. The average molecular weight is 481 g/mol. The van der Waals surface area contributed by atoms with Crippen LogP contribution in [0.1, 0.15) is 0 Å². The Bertz CT molecular complexity index is 872. The van der Waals surface area contributed by atoms with E-state index in [1.165, 1.54) is 6.08 Å². The lowest BCUT2D eigenvalue weighted by Crippen LogP contribution is -2.43. The number of rotatable bonds is 2.